The molecule has 2 rings (SSSR count). The van der Waals surface area contributed by atoms with E-state index in [0.717, 1.165) is 10.4 Å². The number of aryl methyl sites for hydroxylation is 1. The fraction of sp³-hybridized carbons (Fsp3) is 0.286. The molecule has 0 bridgehead atoms. The Hall–Kier alpha value is -1.04. The van der Waals surface area contributed by atoms with Crippen molar-refractivity contribution in [2.24, 2.45) is 0 Å². The van der Waals surface area contributed by atoms with Gasteiger partial charge in [-0.25, -0.2) is 8.42 Å². The van der Waals surface area contributed by atoms with E-state index in [-0.39, 0.29) is 0 Å². The summed E-state index contributed by atoms with van der Waals surface area (Å²) in [6.07, 6.45) is 0. The lowest BCUT2D eigenvalue weighted by atomic mass is 10.2. The molecule has 0 fully saturated rings. The summed E-state index contributed by atoms with van der Waals surface area (Å²) in [7, 11) is -3.51. The SMILES string of the molecule is CCN(c1ccc(C)cc1)S(=O)(=O)c1ccc(CCl)s1. The molecule has 0 unspecified atom stereocenters. The Morgan fingerprint density at radius 2 is 1.80 bits per heavy atom. The molecule has 0 aliphatic rings. The highest BCUT2D eigenvalue weighted by Crippen LogP contribution is 2.29. The molecule has 0 aliphatic heterocycles. The minimum absolute atomic E-state index is 0.329. The fourth-order valence-electron chi connectivity index (χ4n) is 1.88. The summed E-state index contributed by atoms with van der Waals surface area (Å²) < 4.78 is 27.1. The normalized spacial score (nSPS) is 11.6. The van der Waals surface area contributed by atoms with Gasteiger partial charge in [0.2, 0.25) is 0 Å². The largest absolute Gasteiger partial charge is 0.273 e. The van der Waals surface area contributed by atoms with E-state index in [4.69, 9.17) is 11.6 Å². The Morgan fingerprint density at radius 1 is 1.15 bits per heavy atom. The van der Waals surface area contributed by atoms with Gasteiger partial charge in [0.05, 0.1) is 11.6 Å². The minimum atomic E-state index is -3.51. The number of hydrogen-bond donors (Lipinski definition) is 0. The van der Waals surface area contributed by atoms with Gasteiger partial charge in [0, 0.05) is 11.4 Å². The second-order valence-corrected chi connectivity index (χ2v) is 7.88. The molecule has 1 aromatic heterocycles. The Morgan fingerprint density at radius 3 is 2.30 bits per heavy atom. The van der Waals surface area contributed by atoms with Crippen LogP contribution in [0.15, 0.2) is 40.6 Å². The summed E-state index contributed by atoms with van der Waals surface area (Å²) in [5, 5.41) is 0. The van der Waals surface area contributed by atoms with Crippen LogP contribution in [-0.2, 0) is 15.9 Å². The van der Waals surface area contributed by atoms with Crippen LogP contribution in [-0.4, -0.2) is 15.0 Å². The van der Waals surface area contributed by atoms with Crippen molar-refractivity contribution >= 4 is 38.6 Å². The number of alkyl halides is 1. The number of sulfonamides is 1. The molecule has 0 atom stereocenters. The van der Waals surface area contributed by atoms with E-state index in [1.54, 1.807) is 12.1 Å². The highest BCUT2D eigenvalue weighted by molar-refractivity contribution is 7.94. The molecule has 0 N–H and O–H groups in total. The van der Waals surface area contributed by atoms with Gasteiger partial charge in [-0.2, -0.15) is 0 Å². The first-order valence-corrected chi connectivity index (χ1v) is 9.02. The van der Waals surface area contributed by atoms with Crippen LogP contribution in [0.4, 0.5) is 5.69 Å². The zero-order valence-electron chi connectivity index (χ0n) is 11.3. The molecule has 108 valence electrons. The Bertz CT molecular complexity index is 677. The number of hydrogen-bond acceptors (Lipinski definition) is 3. The molecule has 0 spiro atoms. The summed E-state index contributed by atoms with van der Waals surface area (Å²) in [5.74, 6) is 0.330. The topological polar surface area (TPSA) is 37.4 Å². The average molecular weight is 330 g/mol. The third-order valence-electron chi connectivity index (χ3n) is 2.92. The van der Waals surface area contributed by atoms with Gasteiger partial charge in [-0.1, -0.05) is 17.7 Å². The number of thiophene rings is 1. The summed E-state index contributed by atoms with van der Waals surface area (Å²) >= 11 is 6.96. The quantitative estimate of drug-likeness (QED) is 0.777. The lowest BCUT2D eigenvalue weighted by Gasteiger charge is -2.22. The lowest BCUT2D eigenvalue weighted by Crippen LogP contribution is -2.30. The van der Waals surface area contributed by atoms with Crippen molar-refractivity contribution in [2.75, 3.05) is 10.8 Å². The molecule has 1 aromatic carbocycles. The van der Waals surface area contributed by atoms with Crippen LogP contribution in [0.2, 0.25) is 0 Å². The first-order chi connectivity index (χ1) is 9.48. The van der Waals surface area contributed by atoms with Crippen LogP contribution in [0.3, 0.4) is 0 Å². The molecular formula is C14H16ClNO2S2. The fourth-order valence-corrected chi connectivity index (χ4v) is 4.93. The third-order valence-corrected chi connectivity index (χ3v) is 6.82. The van der Waals surface area contributed by atoms with Gasteiger partial charge >= 0.3 is 0 Å². The number of halogens is 1. The Balaban J connectivity index is 2.41. The van der Waals surface area contributed by atoms with Crippen LogP contribution in [0.5, 0.6) is 0 Å². The first-order valence-electron chi connectivity index (χ1n) is 6.23. The highest BCUT2D eigenvalue weighted by atomic mass is 35.5. The molecule has 20 heavy (non-hydrogen) atoms. The molecule has 0 saturated carbocycles. The van der Waals surface area contributed by atoms with Gasteiger partial charge in [0.15, 0.2) is 0 Å². The van der Waals surface area contributed by atoms with E-state index in [1.807, 2.05) is 38.1 Å². The van der Waals surface area contributed by atoms with Crippen molar-refractivity contribution in [1.82, 2.24) is 0 Å². The lowest BCUT2D eigenvalue weighted by molar-refractivity contribution is 0.594. The predicted molar refractivity (Wildman–Crippen MR) is 85.3 cm³/mol. The molecule has 0 amide bonds. The van der Waals surface area contributed by atoms with E-state index >= 15 is 0 Å². The Kier molecular flexibility index (Phi) is 4.73. The summed E-state index contributed by atoms with van der Waals surface area (Å²) in [4.78, 5) is 0.852. The molecule has 6 heteroatoms. The number of benzene rings is 1. The third kappa shape index (κ3) is 3.00. The first kappa shape index (κ1) is 15.4. The average Bonchev–Trinajstić information content (AvgIpc) is 2.91. The molecule has 2 aromatic rings. The van der Waals surface area contributed by atoms with E-state index in [2.05, 4.69) is 0 Å². The van der Waals surface area contributed by atoms with Gasteiger partial charge in [-0.15, -0.1) is 22.9 Å². The van der Waals surface area contributed by atoms with Gasteiger partial charge in [0.25, 0.3) is 10.0 Å². The van der Waals surface area contributed by atoms with Crippen LogP contribution in [0.25, 0.3) is 0 Å². The van der Waals surface area contributed by atoms with Gasteiger partial charge in [0.1, 0.15) is 4.21 Å². The maximum Gasteiger partial charge on any atom is 0.273 e. The van der Waals surface area contributed by atoms with Crippen molar-refractivity contribution in [3.8, 4) is 0 Å². The van der Waals surface area contributed by atoms with Crippen molar-refractivity contribution in [3.05, 3.63) is 46.8 Å². The summed E-state index contributed by atoms with van der Waals surface area (Å²) in [6.45, 7) is 4.19. The molecule has 0 radical (unpaired) electrons. The Labute approximate surface area is 128 Å². The van der Waals surface area contributed by atoms with E-state index in [9.17, 15) is 8.42 Å². The van der Waals surface area contributed by atoms with Gasteiger partial charge < -0.3 is 0 Å². The standard InChI is InChI=1S/C14H16ClNO2S2/c1-3-16(12-6-4-11(2)5-7-12)20(17,18)14-9-8-13(10-15)19-14/h4-9H,3,10H2,1-2H3. The van der Waals surface area contributed by atoms with Crippen molar-refractivity contribution in [2.45, 2.75) is 23.9 Å². The van der Waals surface area contributed by atoms with Crippen molar-refractivity contribution in [1.29, 1.82) is 0 Å². The molecule has 1 heterocycles. The molecule has 3 nitrogen and oxygen atoms in total. The van der Waals surface area contributed by atoms with Crippen LogP contribution in [0, 0.1) is 6.92 Å². The zero-order valence-corrected chi connectivity index (χ0v) is 13.7. The predicted octanol–water partition coefficient (Wildman–Crippen LogP) is 4.01. The second-order valence-electron chi connectivity index (χ2n) is 4.36. The number of nitrogens with zero attached hydrogens (tertiary/aromatic N) is 1. The van der Waals surface area contributed by atoms with Crippen LogP contribution < -0.4 is 4.31 Å². The van der Waals surface area contributed by atoms with Crippen LogP contribution >= 0.6 is 22.9 Å². The highest BCUT2D eigenvalue weighted by Gasteiger charge is 2.25. The molecule has 0 saturated heterocycles. The maximum atomic E-state index is 12.7. The summed E-state index contributed by atoms with van der Waals surface area (Å²) in [6, 6.07) is 10.8. The van der Waals surface area contributed by atoms with E-state index in [0.29, 0.717) is 22.3 Å². The van der Waals surface area contributed by atoms with Crippen molar-refractivity contribution < 1.29 is 8.42 Å². The monoisotopic (exact) mass is 329 g/mol. The summed E-state index contributed by atoms with van der Waals surface area (Å²) in [5.41, 5.74) is 1.78. The molecular weight excluding hydrogens is 314 g/mol. The second kappa shape index (κ2) is 6.16. The van der Waals surface area contributed by atoms with Crippen LogP contribution in [0.1, 0.15) is 17.4 Å². The van der Waals surface area contributed by atoms with E-state index in [1.165, 1.54) is 15.6 Å². The van der Waals surface area contributed by atoms with Gasteiger partial charge in [-0.3, -0.25) is 4.31 Å². The number of anilines is 1. The molecule has 0 aliphatic carbocycles. The maximum absolute atomic E-state index is 12.7. The van der Waals surface area contributed by atoms with E-state index < -0.39 is 10.0 Å². The minimum Gasteiger partial charge on any atom is -0.266 e. The van der Waals surface area contributed by atoms with Gasteiger partial charge in [-0.05, 0) is 38.1 Å². The smallest absolute Gasteiger partial charge is 0.266 e. The van der Waals surface area contributed by atoms with Crippen molar-refractivity contribution in [3.63, 3.8) is 0 Å². The number of rotatable bonds is 5. The zero-order chi connectivity index (χ0) is 14.8.